The second kappa shape index (κ2) is 49.4. The van der Waals surface area contributed by atoms with Crippen molar-refractivity contribution in [3.63, 3.8) is 0 Å². The number of carbonyl (C=O) groups is 18. The molecule has 44 nitrogen and oxygen atoms in total. The molecule has 4 aliphatic rings. The maximum Gasteiger partial charge on any atom is 0.303 e. The van der Waals surface area contributed by atoms with Gasteiger partial charge in [0.25, 0.3) is 0 Å². The number of hydrogen-bond acceptors (Lipinski definition) is 24. The number of thioether (sulfide) groups is 1. The molecule has 15 atom stereocenters. The van der Waals surface area contributed by atoms with Gasteiger partial charge in [0.05, 0.1) is 37.8 Å². The number of hydrogen-bond donors (Lipinski definition) is 20. The van der Waals surface area contributed by atoms with E-state index in [1.54, 1.807) is 67.8 Å². The number of aliphatic hydroxyl groups excluding tert-OH is 2. The van der Waals surface area contributed by atoms with Gasteiger partial charge in [0.1, 0.15) is 90.3 Å². The lowest BCUT2D eigenvalue weighted by Crippen LogP contribution is -2.62. The molecule has 10 rings (SSSR count). The molecule has 4 aliphatic heterocycles. The number of primary amides is 2. The highest BCUT2D eigenvalue weighted by Gasteiger charge is 2.47. The number of phenolic OH excluding ortho intramolecular Hbond substituents is 1. The number of nitrogens with one attached hydrogen (secondary N) is 13. The molecule has 7 heterocycles. The summed E-state index contributed by atoms with van der Waals surface area (Å²) in [6.45, 7) is 0.871. The zero-order chi connectivity index (χ0) is 97.9. The summed E-state index contributed by atoms with van der Waals surface area (Å²) < 4.78 is 0. The Balaban J connectivity index is 1.02. The fourth-order valence-corrected chi connectivity index (χ4v) is 18.2. The van der Waals surface area contributed by atoms with Gasteiger partial charge in [-0.3, -0.25) is 86.3 Å². The third kappa shape index (κ3) is 28.0. The second-order valence-corrected chi connectivity index (χ2v) is 35.3. The molecular weight excluding hydrogens is 1770 g/mol. The number of phenols is 1. The topological polar surface area (TPSA) is 663 Å². The number of unbranched alkanes of at least 4 members (excludes halogenated alkanes) is 1. The highest BCUT2D eigenvalue weighted by molar-refractivity contribution is 8.00. The third-order valence-electron chi connectivity index (χ3n) is 24.5. The van der Waals surface area contributed by atoms with Crippen molar-refractivity contribution in [1.82, 2.24) is 97.6 Å². The normalized spacial score (nSPS) is 25.2. The summed E-state index contributed by atoms with van der Waals surface area (Å²) in [7, 11) is 2.66. The van der Waals surface area contributed by atoms with Gasteiger partial charge in [0, 0.05) is 124 Å². The predicted molar refractivity (Wildman–Crippen MR) is 489 cm³/mol. The minimum Gasteiger partial charge on any atom is -0.508 e. The van der Waals surface area contributed by atoms with Gasteiger partial charge >= 0.3 is 5.97 Å². The molecule has 0 aliphatic carbocycles. The predicted octanol–water partition coefficient (Wildman–Crippen LogP) is -3.49. The third-order valence-corrected chi connectivity index (χ3v) is 25.5. The Morgan fingerprint density at radius 3 is 1.66 bits per heavy atom. The van der Waals surface area contributed by atoms with E-state index in [0.717, 1.165) is 31.4 Å². The van der Waals surface area contributed by atoms with Crippen LogP contribution in [0.25, 0.3) is 21.8 Å². The summed E-state index contributed by atoms with van der Waals surface area (Å²) in [6.07, 6.45) is 1.94. The lowest BCUT2D eigenvalue weighted by Gasteiger charge is -2.38. The molecule has 0 radical (unpaired) electrons. The number of para-hydroxylation sites is 2. The lowest BCUT2D eigenvalue weighted by molar-refractivity contribution is -0.149. The number of aromatic amines is 3. The number of imidazole rings is 1. The van der Waals surface area contributed by atoms with Crippen LogP contribution in [-0.2, 0) is 112 Å². The molecule has 6 aromatic rings. The van der Waals surface area contributed by atoms with E-state index in [1.807, 2.05) is 6.92 Å². The maximum atomic E-state index is 15.7. The lowest BCUT2D eigenvalue weighted by atomic mass is 9.97. The molecule has 0 spiro atoms. The number of carbonyl (C=O) groups excluding carboxylic acids is 17. The van der Waals surface area contributed by atoms with Gasteiger partial charge in [-0.25, -0.2) is 4.98 Å². The van der Waals surface area contributed by atoms with Gasteiger partial charge in [-0.2, -0.15) is 0 Å². The van der Waals surface area contributed by atoms with Crippen molar-refractivity contribution in [2.45, 2.75) is 233 Å². The first kappa shape index (κ1) is 104. The van der Waals surface area contributed by atoms with E-state index in [1.165, 1.54) is 55.8 Å². The molecule has 730 valence electrons. The minimum atomic E-state index is -1.93. The summed E-state index contributed by atoms with van der Waals surface area (Å²) >= 11 is 0.784. The first-order valence-electron chi connectivity index (χ1n) is 45.3. The van der Waals surface area contributed by atoms with Crippen LogP contribution in [0, 0.1) is 0 Å². The molecule has 23 N–H and O–H groups in total. The summed E-state index contributed by atoms with van der Waals surface area (Å²) in [5.41, 5.74) is 20.0. The van der Waals surface area contributed by atoms with Crippen LogP contribution in [0.3, 0.4) is 0 Å². The fourth-order valence-electron chi connectivity index (χ4n) is 17.3. The van der Waals surface area contributed by atoms with Crippen LogP contribution < -0.4 is 70.4 Å². The summed E-state index contributed by atoms with van der Waals surface area (Å²) in [5, 5.41) is 70.4. The van der Waals surface area contributed by atoms with E-state index in [-0.39, 0.29) is 102 Å². The molecule has 3 aromatic carbocycles. The molecule has 4 saturated heterocycles. The molecule has 4 fully saturated rings. The number of amides is 17. The quantitative estimate of drug-likeness (QED) is 0.0265. The number of carboxylic acids is 1. The summed E-state index contributed by atoms with van der Waals surface area (Å²) in [4.78, 5) is 282. The number of aliphatic hydroxyl groups is 2. The fraction of sp³-hybridized carbons (Fsp3) is 0.522. The molecule has 45 heteroatoms. The van der Waals surface area contributed by atoms with E-state index >= 15 is 47.9 Å². The number of nitrogens with two attached hydrogens (primary N) is 3. The first-order chi connectivity index (χ1) is 64.6. The minimum absolute atomic E-state index is 0.00541. The van der Waals surface area contributed by atoms with E-state index in [4.69, 9.17) is 17.2 Å². The van der Waals surface area contributed by atoms with Crippen molar-refractivity contribution in [2.75, 3.05) is 64.9 Å². The number of H-pyrrole nitrogens is 3. The smallest absolute Gasteiger partial charge is 0.303 e. The number of aliphatic carboxylic acids is 1. The Morgan fingerprint density at radius 2 is 1.06 bits per heavy atom. The van der Waals surface area contributed by atoms with Crippen molar-refractivity contribution in [3.8, 4) is 5.75 Å². The first-order valence-corrected chi connectivity index (χ1v) is 46.4. The Hall–Kier alpha value is -13.6. The molecule has 0 unspecified atom stereocenters. The number of nitrogens with zero attached hydrogens (tertiary/aromatic N) is 6. The Kier molecular flexibility index (Phi) is 37.9. The molecule has 17 amide bonds. The highest BCUT2D eigenvalue weighted by Crippen LogP contribution is 2.29. The van der Waals surface area contributed by atoms with Crippen molar-refractivity contribution in [2.24, 2.45) is 17.2 Å². The standard InChI is InChI=1S/C90H122N22O22S/c1-5-7-22-71-90(134)108(3)68(16-6-2)82(126)100-59(21-14-31-91)78(122)107-67(77(121)97-43-74(93)117)46-135-47-75(118)99-63(34-49-25-27-53(114)28-26-49)88(132)110-32-13-12-23-69(110)84(128)105-65(39-73(92)116)89(133)111-33-15-24-70(111)83(127)103-62(37-52-42-94-48-98-52)80(124)101-60(29-30-76(119)120)87(131)112-44-54(115)38-72(112)85(129)102-61(35-50-40-95-57-19-10-8-17-55(50)57)79(123)106-66(45-113)81(125)104-64(86(130)109(71)4)36-51-41-96-58-20-11-9-18-56(51)58/h8-11,17-20,25-28,40-42,48,54,59-72,95-96,113-115H,5-7,12-16,21-24,29-39,43-47,91H2,1-4H3,(H2,92,116)(H2,93,117)(H,94,98)(H,97,121)(H,99,118)(H,100,126)(H,101,124)(H,102,129)(H,103,127)(H,104,125)(H,105,128)(H,106,123)(H,107,122)(H,119,120)/t54-,59+,60+,61+,62+,63+,64+,65+,66+,67+,68+,69+,70+,71+,72+/m1/s1. The Morgan fingerprint density at radius 1 is 0.519 bits per heavy atom. The van der Waals surface area contributed by atoms with Gasteiger partial charge in [0.2, 0.25) is 100 Å². The monoisotopic (exact) mass is 1890 g/mol. The summed E-state index contributed by atoms with van der Waals surface area (Å²) in [6, 6.07) is -2.88. The maximum absolute atomic E-state index is 15.7. The average molecular weight is 1900 g/mol. The van der Waals surface area contributed by atoms with Crippen LogP contribution in [0.2, 0.25) is 0 Å². The summed E-state index contributed by atoms with van der Waals surface area (Å²) in [5.74, 6) is -19.1. The van der Waals surface area contributed by atoms with Crippen LogP contribution in [0.15, 0.2) is 97.7 Å². The number of benzene rings is 3. The zero-order valence-corrected chi connectivity index (χ0v) is 76.5. The zero-order valence-electron chi connectivity index (χ0n) is 75.7. The van der Waals surface area contributed by atoms with Crippen LogP contribution in [0.5, 0.6) is 5.75 Å². The number of carboxylic acid groups (broad SMARTS) is 1. The Bertz CT molecular complexity index is 5250. The van der Waals surface area contributed by atoms with Crippen LogP contribution in [-0.4, -0.2) is 327 Å². The van der Waals surface area contributed by atoms with Gasteiger partial charge in [0.15, 0.2) is 0 Å². The van der Waals surface area contributed by atoms with Gasteiger partial charge in [-0.05, 0) is 112 Å². The molecule has 0 bridgehead atoms. The largest absolute Gasteiger partial charge is 0.508 e. The van der Waals surface area contributed by atoms with Crippen molar-refractivity contribution >= 4 is 140 Å². The van der Waals surface area contributed by atoms with Gasteiger partial charge in [-0.1, -0.05) is 81.6 Å². The van der Waals surface area contributed by atoms with E-state index in [0.29, 0.717) is 64.2 Å². The average Bonchev–Trinajstić information content (AvgIpc) is 1.72. The number of piperidine rings is 1. The van der Waals surface area contributed by atoms with E-state index in [9.17, 15) is 58.8 Å². The SMILES string of the molecule is CCCC[C@H]1C(=O)N(C)[C@@H](CCC)C(=O)N[C@@H](CCCN)C(=O)N[C@H](C(=O)NCC(N)=O)CSCC(=O)N[C@@H](Cc2ccc(O)cc2)C(=O)N2CCCC[C@H]2C(=O)N[C@@H](CC(N)=O)C(=O)N2CCC[C@H]2C(=O)N[C@@H](Cc2cnc[nH]2)C(=O)N[C@@H](CCC(=O)O)C(=O)N2C[C@H](O)C[C@H]2C(=O)N[C@@H](Cc2c[nH]c3ccccc23)C(=O)N[C@@H](CO)C(=O)N[C@@H](Cc2c[nH]c3ccccc23)C(=O)N1C. The number of aromatic nitrogens is 4. The van der Waals surface area contributed by atoms with Crippen LogP contribution in [0.1, 0.15) is 139 Å². The second-order valence-electron chi connectivity index (χ2n) is 34.3. The highest BCUT2D eigenvalue weighted by atomic mass is 32.2. The van der Waals surface area contributed by atoms with Crippen LogP contribution >= 0.6 is 11.8 Å². The van der Waals surface area contributed by atoms with Crippen molar-refractivity contribution in [3.05, 3.63) is 120 Å². The van der Waals surface area contributed by atoms with Gasteiger partial charge in [-0.15, -0.1) is 11.8 Å². The van der Waals surface area contributed by atoms with Crippen molar-refractivity contribution in [1.29, 1.82) is 0 Å². The van der Waals surface area contributed by atoms with Crippen LogP contribution in [0.4, 0.5) is 0 Å². The number of aromatic hydroxyl groups is 1. The van der Waals surface area contributed by atoms with E-state index < -0.39 is 260 Å². The molecule has 3 aromatic heterocycles. The van der Waals surface area contributed by atoms with Gasteiger partial charge < -0.3 is 130 Å². The number of rotatable bonds is 25. The number of fused-ring (bicyclic) bond motifs is 5. The Labute approximate surface area is 781 Å². The molecular formula is C90H122N22O22S. The van der Waals surface area contributed by atoms with E-state index in [2.05, 4.69) is 73.1 Å². The molecule has 135 heavy (non-hydrogen) atoms. The molecule has 0 saturated carbocycles. The number of likely N-dealkylation sites (N-methyl/N-ethyl adjacent to an activating group) is 2. The van der Waals surface area contributed by atoms with Crippen molar-refractivity contribution < 1.29 is 107 Å².